The van der Waals surface area contributed by atoms with Crippen LogP contribution in [0.4, 0.5) is 0 Å². The molecule has 1 amide bonds. The molecule has 1 aliphatic rings. The summed E-state index contributed by atoms with van der Waals surface area (Å²) in [6.07, 6.45) is 4.95. The van der Waals surface area contributed by atoms with E-state index >= 15 is 0 Å². The number of likely N-dealkylation sites (N-methyl/N-ethyl adjacent to an activating group) is 1. The highest BCUT2D eigenvalue weighted by atomic mass is 16.5. The smallest absolute Gasteiger partial charge is 0.236 e. The summed E-state index contributed by atoms with van der Waals surface area (Å²) in [5.74, 6) is 0.910. The van der Waals surface area contributed by atoms with Crippen LogP contribution in [0.3, 0.4) is 0 Å². The van der Waals surface area contributed by atoms with Crippen molar-refractivity contribution < 1.29 is 9.32 Å². The van der Waals surface area contributed by atoms with E-state index in [0.29, 0.717) is 19.1 Å². The lowest BCUT2D eigenvalue weighted by molar-refractivity contribution is -0.129. The standard InChI is InChI=1S/C14H23N3O2/c1-10-13(11(2)19-16-10)9-17(3)14(18)8-15-12-6-4-5-7-12/h12,15H,4-9H2,1-3H3. The zero-order chi connectivity index (χ0) is 13.8. The number of aromatic nitrogens is 1. The van der Waals surface area contributed by atoms with Crippen molar-refractivity contribution in [2.24, 2.45) is 0 Å². The van der Waals surface area contributed by atoms with Gasteiger partial charge in [-0.25, -0.2) is 0 Å². The largest absolute Gasteiger partial charge is 0.361 e. The Kier molecular flexibility index (Phi) is 4.58. The predicted octanol–water partition coefficient (Wildman–Crippen LogP) is 1.78. The van der Waals surface area contributed by atoms with Gasteiger partial charge in [0.25, 0.3) is 0 Å². The molecule has 0 radical (unpaired) electrons. The fraction of sp³-hybridized carbons (Fsp3) is 0.714. The van der Waals surface area contributed by atoms with Crippen LogP contribution in [0.2, 0.25) is 0 Å². The lowest BCUT2D eigenvalue weighted by atomic mass is 10.2. The molecule has 106 valence electrons. The number of rotatable bonds is 5. The third-order valence-corrected chi connectivity index (χ3v) is 3.90. The molecule has 0 unspecified atom stereocenters. The molecule has 0 saturated heterocycles. The first-order valence-electron chi connectivity index (χ1n) is 6.97. The van der Waals surface area contributed by atoms with E-state index in [0.717, 1.165) is 17.0 Å². The van der Waals surface area contributed by atoms with Gasteiger partial charge in [-0.1, -0.05) is 18.0 Å². The predicted molar refractivity (Wildman–Crippen MR) is 72.7 cm³/mol. The van der Waals surface area contributed by atoms with Gasteiger partial charge in [0.2, 0.25) is 5.91 Å². The molecule has 2 rings (SSSR count). The zero-order valence-electron chi connectivity index (χ0n) is 12.0. The minimum atomic E-state index is 0.117. The van der Waals surface area contributed by atoms with Crippen molar-refractivity contribution in [2.75, 3.05) is 13.6 Å². The maximum Gasteiger partial charge on any atom is 0.236 e. The number of nitrogens with one attached hydrogen (secondary N) is 1. The molecule has 5 nitrogen and oxygen atoms in total. The van der Waals surface area contributed by atoms with Crippen molar-refractivity contribution in [1.82, 2.24) is 15.4 Å². The molecule has 1 saturated carbocycles. The van der Waals surface area contributed by atoms with Gasteiger partial charge < -0.3 is 14.7 Å². The highest BCUT2D eigenvalue weighted by Crippen LogP contribution is 2.17. The van der Waals surface area contributed by atoms with E-state index in [1.54, 1.807) is 4.90 Å². The van der Waals surface area contributed by atoms with E-state index in [-0.39, 0.29) is 5.91 Å². The average Bonchev–Trinajstić information content (AvgIpc) is 3.00. The third kappa shape index (κ3) is 3.56. The van der Waals surface area contributed by atoms with Crippen LogP contribution in [0.25, 0.3) is 0 Å². The third-order valence-electron chi connectivity index (χ3n) is 3.90. The Labute approximate surface area is 114 Å². The van der Waals surface area contributed by atoms with Gasteiger partial charge in [0.1, 0.15) is 5.76 Å². The van der Waals surface area contributed by atoms with Crippen LogP contribution in [0.5, 0.6) is 0 Å². The van der Waals surface area contributed by atoms with Crippen molar-refractivity contribution in [3.8, 4) is 0 Å². The Bertz CT molecular complexity index is 416. The topological polar surface area (TPSA) is 58.4 Å². The maximum atomic E-state index is 12.1. The Morgan fingerprint density at radius 1 is 1.42 bits per heavy atom. The Morgan fingerprint density at radius 2 is 2.11 bits per heavy atom. The summed E-state index contributed by atoms with van der Waals surface area (Å²) in [5, 5.41) is 7.25. The van der Waals surface area contributed by atoms with Crippen molar-refractivity contribution in [3.05, 3.63) is 17.0 Å². The molecule has 5 heteroatoms. The van der Waals surface area contributed by atoms with Crippen LogP contribution < -0.4 is 5.32 Å². The number of nitrogens with zero attached hydrogens (tertiary/aromatic N) is 2. The molecule has 1 heterocycles. The maximum absolute atomic E-state index is 12.1. The van der Waals surface area contributed by atoms with Crippen LogP contribution in [-0.4, -0.2) is 35.6 Å². The second-order valence-corrected chi connectivity index (χ2v) is 5.41. The van der Waals surface area contributed by atoms with E-state index in [1.807, 2.05) is 20.9 Å². The van der Waals surface area contributed by atoms with Crippen LogP contribution >= 0.6 is 0 Å². The van der Waals surface area contributed by atoms with Crippen molar-refractivity contribution in [1.29, 1.82) is 0 Å². The molecular weight excluding hydrogens is 242 g/mol. The fourth-order valence-electron chi connectivity index (χ4n) is 2.55. The summed E-state index contributed by atoms with van der Waals surface area (Å²) in [5.41, 5.74) is 1.87. The van der Waals surface area contributed by atoms with E-state index in [4.69, 9.17) is 4.52 Å². The first kappa shape index (κ1) is 14.1. The molecule has 0 spiro atoms. The average molecular weight is 265 g/mol. The van der Waals surface area contributed by atoms with E-state index in [1.165, 1.54) is 25.7 Å². The second kappa shape index (κ2) is 6.19. The van der Waals surface area contributed by atoms with Gasteiger partial charge in [0.05, 0.1) is 18.8 Å². The summed E-state index contributed by atoms with van der Waals surface area (Å²) in [6.45, 7) is 4.77. The lowest BCUT2D eigenvalue weighted by Crippen LogP contribution is -2.39. The van der Waals surface area contributed by atoms with Gasteiger partial charge in [0, 0.05) is 18.7 Å². The molecule has 0 aromatic carbocycles. The Hall–Kier alpha value is -1.36. The summed E-state index contributed by atoms with van der Waals surface area (Å²) >= 11 is 0. The summed E-state index contributed by atoms with van der Waals surface area (Å²) in [4.78, 5) is 13.8. The van der Waals surface area contributed by atoms with Crippen molar-refractivity contribution in [2.45, 2.75) is 52.1 Å². The normalized spacial score (nSPS) is 15.9. The minimum Gasteiger partial charge on any atom is -0.361 e. The van der Waals surface area contributed by atoms with Crippen LogP contribution in [0, 0.1) is 13.8 Å². The van der Waals surface area contributed by atoms with Gasteiger partial charge in [-0.05, 0) is 26.7 Å². The van der Waals surface area contributed by atoms with Gasteiger partial charge in [0.15, 0.2) is 0 Å². The first-order valence-corrected chi connectivity index (χ1v) is 6.97. The number of carbonyl (C=O) groups excluding carboxylic acids is 1. The van der Waals surface area contributed by atoms with E-state index in [2.05, 4.69) is 10.5 Å². The van der Waals surface area contributed by atoms with Crippen LogP contribution in [0.15, 0.2) is 4.52 Å². The molecule has 1 aliphatic carbocycles. The molecule has 0 atom stereocenters. The van der Waals surface area contributed by atoms with Gasteiger partial charge in [-0.3, -0.25) is 4.79 Å². The zero-order valence-corrected chi connectivity index (χ0v) is 12.0. The Morgan fingerprint density at radius 3 is 2.68 bits per heavy atom. The van der Waals surface area contributed by atoms with E-state index in [9.17, 15) is 4.79 Å². The molecule has 19 heavy (non-hydrogen) atoms. The molecule has 1 N–H and O–H groups in total. The molecular formula is C14H23N3O2. The summed E-state index contributed by atoms with van der Waals surface area (Å²) < 4.78 is 5.11. The number of carbonyl (C=O) groups is 1. The van der Waals surface area contributed by atoms with Crippen molar-refractivity contribution in [3.63, 3.8) is 0 Å². The van der Waals surface area contributed by atoms with Crippen LogP contribution in [0.1, 0.15) is 42.7 Å². The minimum absolute atomic E-state index is 0.117. The van der Waals surface area contributed by atoms with Gasteiger partial charge in [-0.2, -0.15) is 0 Å². The summed E-state index contributed by atoms with van der Waals surface area (Å²) in [6, 6.07) is 0.524. The molecule has 1 aromatic heterocycles. The molecule has 1 aromatic rings. The quantitative estimate of drug-likeness (QED) is 0.881. The Balaban J connectivity index is 1.82. The number of aryl methyl sites for hydroxylation is 2. The molecule has 1 fully saturated rings. The van der Waals surface area contributed by atoms with Gasteiger partial charge in [-0.15, -0.1) is 0 Å². The monoisotopic (exact) mass is 265 g/mol. The SMILES string of the molecule is Cc1noc(C)c1CN(C)C(=O)CNC1CCCC1. The lowest BCUT2D eigenvalue weighted by Gasteiger charge is -2.19. The van der Waals surface area contributed by atoms with E-state index < -0.39 is 0 Å². The molecule has 0 aliphatic heterocycles. The number of hydrogen-bond donors (Lipinski definition) is 1. The second-order valence-electron chi connectivity index (χ2n) is 5.41. The van der Waals surface area contributed by atoms with Crippen molar-refractivity contribution >= 4 is 5.91 Å². The fourth-order valence-corrected chi connectivity index (χ4v) is 2.55. The number of hydrogen-bond acceptors (Lipinski definition) is 4. The highest BCUT2D eigenvalue weighted by molar-refractivity contribution is 5.78. The first-order chi connectivity index (χ1) is 9.08. The van der Waals surface area contributed by atoms with Gasteiger partial charge >= 0.3 is 0 Å². The molecule has 0 bridgehead atoms. The highest BCUT2D eigenvalue weighted by Gasteiger charge is 2.18. The summed E-state index contributed by atoms with van der Waals surface area (Å²) in [7, 11) is 1.82. The number of amides is 1. The van der Waals surface area contributed by atoms with Crippen LogP contribution in [-0.2, 0) is 11.3 Å².